The van der Waals surface area contributed by atoms with Crippen LogP contribution in [0.25, 0.3) is 0 Å². The van der Waals surface area contributed by atoms with E-state index in [9.17, 15) is 4.79 Å². The van der Waals surface area contributed by atoms with Crippen LogP contribution in [0.4, 0.5) is 11.4 Å². The molecule has 0 unspecified atom stereocenters. The standard InChI is InChI=1S/C28H34N4O3/c1-4-31-14-16-32(17-15-31)24-7-8-25(21(3)18-24)30-28(33)23-6-9-26(27(19-23)34-5-2)35-20-22-10-12-29-13-11-22/h6-13,18-19H,4-5,14-17,20H2,1-3H3,(H,30,33). The molecular formula is C28H34N4O3. The van der Waals surface area contributed by atoms with E-state index in [4.69, 9.17) is 9.47 Å². The predicted octanol–water partition coefficient (Wildman–Crippen LogP) is 4.76. The van der Waals surface area contributed by atoms with Gasteiger partial charge in [-0.3, -0.25) is 9.78 Å². The number of amides is 1. The van der Waals surface area contributed by atoms with Crippen molar-refractivity contribution >= 4 is 17.3 Å². The average Bonchev–Trinajstić information content (AvgIpc) is 2.90. The molecule has 1 N–H and O–H groups in total. The number of carbonyl (C=O) groups excluding carboxylic acids is 1. The van der Waals surface area contributed by atoms with Crippen molar-refractivity contribution in [2.24, 2.45) is 0 Å². The van der Waals surface area contributed by atoms with Gasteiger partial charge >= 0.3 is 0 Å². The summed E-state index contributed by atoms with van der Waals surface area (Å²) in [6.07, 6.45) is 3.47. The number of aromatic nitrogens is 1. The minimum atomic E-state index is -0.181. The number of hydrogen-bond acceptors (Lipinski definition) is 6. The highest BCUT2D eigenvalue weighted by Gasteiger charge is 2.17. The summed E-state index contributed by atoms with van der Waals surface area (Å²) in [4.78, 5) is 21.9. The van der Waals surface area contributed by atoms with Crippen LogP contribution in [-0.2, 0) is 6.61 Å². The summed E-state index contributed by atoms with van der Waals surface area (Å²) in [5, 5.41) is 3.05. The second-order valence-electron chi connectivity index (χ2n) is 8.61. The molecule has 1 fully saturated rings. The first kappa shape index (κ1) is 24.5. The Balaban J connectivity index is 1.42. The van der Waals surface area contributed by atoms with Crippen LogP contribution in [0.3, 0.4) is 0 Å². The number of nitrogens with one attached hydrogen (secondary N) is 1. The molecule has 1 saturated heterocycles. The van der Waals surface area contributed by atoms with E-state index in [-0.39, 0.29) is 5.91 Å². The molecule has 1 aliphatic heterocycles. The summed E-state index contributed by atoms with van der Waals surface area (Å²) in [6, 6.07) is 15.3. The number of pyridine rings is 1. The van der Waals surface area contributed by atoms with Gasteiger partial charge in [0.2, 0.25) is 0 Å². The summed E-state index contributed by atoms with van der Waals surface area (Å²) in [5.74, 6) is 0.968. The van der Waals surface area contributed by atoms with E-state index in [1.165, 1.54) is 5.69 Å². The molecule has 7 nitrogen and oxygen atoms in total. The van der Waals surface area contributed by atoms with Crippen LogP contribution in [0, 0.1) is 6.92 Å². The van der Waals surface area contributed by atoms with Crippen LogP contribution in [-0.4, -0.2) is 55.1 Å². The molecule has 184 valence electrons. The highest BCUT2D eigenvalue weighted by Crippen LogP contribution is 2.30. The number of rotatable bonds is 9. The first-order valence-corrected chi connectivity index (χ1v) is 12.2. The molecule has 3 aromatic rings. The van der Waals surface area contributed by atoms with Gasteiger partial charge in [0.1, 0.15) is 6.61 Å². The van der Waals surface area contributed by atoms with Crippen molar-refractivity contribution in [3.8, 4) is 11.5 Å². The number of carbonyl (C=O) groups is 1. The van der Waals surface area contributed by atoms with Gasteiger partial charge in [0, 0.05) is 55.5 Å². The van der Waals surface area contributed by atoms with E-state index >= 15 is 0 Å². The highest BCUT2D eigenvalue weighted by molar-refractivity contribution is 6.05. The van der Waals surface area contributed by atoms with Crippen LogP contribution >= 0.6 is 0 Å². The normalized spacial score (nSPS) is 14.0. The first-order valence-electron chi connectivity index (χ1n) is 12.2. The largest absolute Gasteiger partial charge is 0.490 e. The number of piperazine rings is 1. The second-order valence-corrected chi connectivity index (χ2v) is 8.61. The fraction of sp³-hybridized carbons (Fsp3) is 0.357. The van der Waals surface area contributed by atoms with Crippen molar-refractivity contribution in [1.82, 2.24) is 9.88 Å². The monoisotopic (exact) mass is 474 g/mol. The molecule has 0 radical (unpaired) electrons. The lowest BCUT2D eigenvalue weighted by molar-refractivity contribution is 0.102. The molecule has 1 aromatic heterocycles. The lowest BCUT2D eigenvalue weighted by Gasteiger charge is -2.35. The Labute approximate surface area is 207 Å². The Kier molecular flexibility index (Phi) is 8.21. The number of benzene rings is 2. The summed E-state index contributed by atoms with van der Waals surface area (Å²) in [7, 11) is 0. The van der Waals surface area contributed by atoms with Gasteiger partial charge in [0.25, 0.3) is 5.91 Å². The van der Waals surface area contributed by atoms with Gasteiger partial charge in [0.15, 0.2) is 11.5 Å². The second kappa shape index (κ2) is 11.7. The molecule has 2 heterocycles. The van der Waals surface area contributed by atoms with Gasteiger partial charge in [-0.05, 0) is 80.1 Å². The summed E-state index contributed by atoms with van der Waals surface area (Å²) >= 11 is 0. The maximum atomic E-state index is 13.0. The number of aryl methyl sites for hydroxylation is 1. The van der Waals surface area contributed by atoms with Crippen molar-refractivity contribution in [3.63, 3.8) is 0 Å². The van der Waals surface area contributed by atoms with Gasteiger partial charge in [0.05, 0.1) is 6.61 Å². The lowest BCUT2D eigenvalue weighted by Crippen LogP contribution is -2.46. The Morgan fingerprint density at radius 1 is 0.943 bits per heavy atom. The molecule has 0 atom stereocenters. The Morgan fingerprint density at radius 3 is 2.40 bits per heavy atom. The minimum absolute atomic E-state index is 0.181. The number of likely N-dealkylation sites (N-methyl/N-ethyl adjacent to an activating group) is 1. The highest BCUT2D eigenvalue weighted by atomic mass is 16.5. The zero-order valence-corrected chi connectivity index (χ0v) is 20.8. The lowest BCUT2D eigenvalue weighted by atomic mass is 10.1. The van der Waals surface area contributed by atoms with Crippen LogP contribution in [0.5, 0.6) is 11.5 Å². The fourth-order valence-electron chi connectivity index (χ4n) is 4.18. The van der Waals surface area contributed by atoms with Gasteiger partial charge in [-0.15, -0.1) is 0 Å². The van der Waals surface area contributed by atoms with E-state index in [1.807, 2.05) is 32.0 Å². The number of hydrogen-bond donors (Lipinski definition) is 1. The third-order valence-corrected chi connectivity index (χ3v) is 6.29. The average molecular weight is 475 g/mol. The summed E-state index contributed by atoms with van der Waals surface area (Å²) < 4.78 is 11.7. The minimum Gasteiger partial charge on any atom is -0.490 e. The quantitative estimate of drug-likeness (QED) is 0.482. The molecule has 0 bridgehead atoms. The van der Waals surface area contributed by atoms with Crippen molar-refractivity contribution in [2.75, 3.05) is 49.5 Å². The molecule has 4 rings (SSSR count). The Morgan fingerprint density at radius 2 is 1.71 bits per heavy atom. The SMILES string of the molecule is CCOc1cc(C(=O)Nc2ccc(N3CCN(CC)CC3)cc2C)ccc1OCc1ccncc1. The first-order chi connectivity index (χ1) is 17.1. The zero-order valence-electron chi connectivity index (χ0n) is 20.8. The molecule has 0 saturated carbocycles. The number of nitrogens with zero attached hydrogens (tertiary/aromatic N) is 3. The van der Waals surface area contributed by atoms with E-state index < -0.39 is 0 Å². The molecule has 1 aliphatic rings. The van der Waals surface area contributed by atoms with E-state index in [0.717, 1.165) is 49.5 Å². The van der Waals surface area contributed by atoms with Crippen LogP contribution in [0.1, 0.15) is 35.3 Å². The zero-order chi connectivity index (χ0) is 24.6. The van der Waals surface area contributed by atoms with Crippen LogP contribution in [0.2, 0.25) is 0 Å². The molecule has 7 heteroatoms. The van der Waals surface area contributed by atoms with Crippen LogP contribution in [0.15, 0.2) is 60.9 Å². The maximum absolute atomic E-state index is 13.0. The number of ether oxygens (including phenoxy) is 2. The van der Waals surface area contributed by atoms with Gasteiger partial charge in [-0.25, -0.2) is 0 Å². The van der Waals surface area contributed by atoms with Crippen molar-refractivity contribution in [1.29, 1.82) is 0 Å². The topological polar surface area (TPSA) is 66.9 Å². The van der Waals surface area contributed by atoms with E-state index in [2.05, 4.69) is 39.2 Å². The smallest absolute Gasteiger partial charge is 0.255 e. The molecule has 0 spiro atoms. The van der Waals surface area contributed by atoms with Crippen molar-refractivity contribution in [2.45, 2.75) is 27.4 Å². The van der Waals surface area contributed by atoms with E-state index in [1.54, 1.807) is 30.6 Å². The molecule has 2 aromatic carbocycles. The van der Waals surface area contributed by atoms with Crippen LogP contribution < -0.4 is 19.7 Å². The maximum Gasteiger partial charge on any atom is 0.255 e. The fourth-order valence-corrected chi connectivity index (χ4v) is 4.18. The third-order valence-electron chi connectivity index (χ3n) is 6.29. The van der Waals surface area contributed by atoms with Gasteiger partial charge in [-0.1, -0.05) is 6.92 Å². The Bertz CT molecular complexity index is 1130. The predicted molar refractivity (Wildman–Crippen MR) is 140 cm³/mol. The molecule has 0 aliphatic carbocycles. The Hall–Kier alpha value is -3.58. The summed E-state index contributed by atoms with van der Waals surface area (Å²) in [5.41, 5.74) is 4.57. The van der Waals surface area contributed by atoms with Gasteiger partial charge < -0.3 is 24.6 Å². The van der Waals surface area contributed by atoms with Gasteiger partial charge in [-0.2, -0.15) is 0 Å². The summed E-state index contributed by atoms with van der Waals surface area (Å²) in [6.45, 7) is 12.3. The van der Waals surface area contributed by atoms with Crippen molar-refractivity contribution in [3.05, 3.63) is 77.6 Å². The number of anilines is 2. The van der Waals surface area contributed by atoms with Crippen molar-refractivity contribution < 1.29 is 14.3 Å². The molecule has 1 amide bonds. The third kappa shape index (κ3) is 6.31. The molecule has 35 heavy (non-hydrogen) atoms. The van der Waals surface area contributed by atoms with E-state index in [0.29, 0.717) is 30.3 Å². The molecular weight excluding hydrogens is 440 g/mol.